The van der Waals surface area contributed by atoms with Crippen LogP contribution in [0.25, 0.3) is 0 Å². The number of aryl methyl sites for hydroxylation is 2. The summed E-state index contributed by atoms with van der Waals surface area (Å²) in [6, 6.07) is 15.8. The van der Waals surface area contributed by atoms with Crippen molar-refractivity contribution in [3.05, 3.63) is 83.0 Å². The van der Waals surface area contributed by atoms with Crippen LogP contribution in [0.2, 0.25) is 0 Å². The minimum Gasteiger partial charge on any atom is -0.361 e. The lowest BCUT2D eigenvalue weighted by atomic mass is 10.1. The number of benzene rings is 2. The topological polar surface area (TPSA) is 78.7 Å². The van der Waals surface area contributed by atoms with Gasteiger partial charge >= 0.3 is 0 Å². The van der Waals surface area contributed by atoms with Gasteiger partial charge in [0.25, 0.3) is 5.91 Å². The number of carbonyl (C=O) groups is 2. The molecular weight excluding hydrogens is 471 g/mol. The van der Waals surface area contributed by atoms with E-state index in [9.17, 15) is 14.0 Å². The average molecular weight is 507 g/mol. The van der Waals surface area contributed by atoms with Gasteiger partial charge in [0, 0.05) is 37.7 Å². The van der Waals surface area contributed by atoms with Crippen molar-refractivity contribution in [2.75, 3.05) is 24.5 Å². The molecule has 2 amide bonds. The zero-order valence-electron chi connectivity index (χ0n) is 20.3. The number of aromatic nitrogens is 1. The number of nitrogens with zero attached hydrogens (tertiary/aromatic N) is 3. The second-order valence-corrected chi connectivity index (χ2v) is 9.69. The number of amides is 2. The van der Waals surface area contributed by atoms with Crippen molar-refractivity contribution in [2.45, 2.75) is 58.5 Å². The van der Waals surface area contributed by atoms with Crippen LogP contribution < -0.4 is 10.2 Å². The van der Waals surface area contributed by atoms with Gasteiger partial charge in [-0.3, -0.25) is 14.5 Å². The summed E-state index contributed by atoms with van der Waals surface area (Å²) in [4.78, 5) is 29.6. The molecule has 0 radical (unpaired) electrons. The molecule has 8 heteroatoms. The Morgan fingerprint density at radius 1 is 1.00 bits per heavy atom. The smallest absolute Gasteiger partial charge is 0.273 e. The van der Waals surface area contributed by atoms with Crippen molar-refractivity contribution >= 4 is 17.5 Å². The standard InChI is InChI=1S/C28H31FN4O3.CH4/c29-22-9-4-20(5-10-22)8-13-25-17-26(31-36-25)28(35)30-23-16-27(34)33(19-23)24-11-6-21(7-12-24)18-32-14-2-1-3-15-32;/h4-7,9-12,17,23H,1-3,8,13-16,18-19H2,(H,30,35);1H4/t23-;/m0./s1. The molecule has 196 valence electrons. The monoisotopic (exact) mass is 506 g/mol. The minimum absolute atomic E-state index is 0. The van der Waals surface area contributed by atoms with Gasteiger partial charge in [0.1, 0.15) is 11.6 Å². The van der Waals surface area contributed by atoms with E-state index in [4.69, 9.17) is 4.52 Å². The fourth-order valence-electron chi connectivity index (χ4n) is 4.93. The Morgan fingerprint density at radius 3 is 2.43 bits per heavy atom. The molecule has 5 rings (SSSR count). The predicted molar refractivity (Wildman–Crippen MR) is 141 cm³/mol. The molecule has 1 N–H and O–H groups in total. The molecule has 0 saturated carbocycles. The van der Waals surface area contributed by atoms with Crippen LogP contribution in [0.5, 0.6) is 0 Å². The Labute approximate surface area is 217 Å². The first kappa shape index (κ1) is 26.5. The van der Waals surface area contributed by atoms with Crippen LogP contribution >= 0.6 is 0 Å². The molecule has 3 aromatic rings. The van der Waals surface area contributed by atoms with Crippen molar-refractivity contribution in [3.63, 3.8) is 0 Å². The highest BCUT2D eigenvalue weighted by molar-refractivity contribution is 5.98. The third-order valence-electron chi connectivity index (χ3n) is 6.93. The van der Waals surface area contributed by atoms with Crippen LogP contribution in [0, 0.1) is 5.82 Å². The second kappa shape index (κ2) is 12.1. The first-order chi connectivity index (χ1) is 17.5. The van der Waals surface area contributed by atoms with Crippen LogP contribution in [0.4, 0.5) is 10.1 Å². The molecule has 0 spiro atoms. The molecule has 0 unspecified atom stereocenters. The molecule has 2 aromatic carbocycles. The van der Waals surface area contributed by atoms with Crippen molar-refractivity contribution in [2.24, 2.45) is 0 Å². The Balaban J connectivity index is 0.00000320. The summed E-state index contributed by atoms with van der Waals surface area (Å²) in [5, 5.41) is 6.80. The molecular formula is C29H35FN4O3. The highest BCUT2D eigenvalue weighted by atomic mass is 19.1. The van der Waals surface area contributed by atoms with Gasteiger partial charge in [-0.2, -0.15) is 0 Å². The van der Waals surface area contributed by atoms with E-state index in [1.807, 2.05) is 12.1 Å². The molecule has 1 aromatic heterocycles. The second-order valence-electron chi connectivity index (χ2n) is 9.69. The van der Waals surface area contributed by atoms with Gasteiger partial charge in [-0.15, -0.1) is 0 Å². The van der Waals surface area contributed by atoms with Gasteiger partial charge in [-0.1, -0.05) is 43.3 Å². The molecule has 0 bridgehead atoms. The number of likely N-dealkylation sites (tertiary alicyclic amines) is 1. The zero-order valence-corrected chi connectivity index (χ0v) is 20.3. The van der Waals surface area contributed by atoms with Gasteiger partial charge in [-0.25, -0.2) is 4.39 Å². The van der Waals surface area contributed by atoms with Gasteiger partial charge in [-0.05, 0) is 67.7 Å². The highest BCUT2D eigenvalue weighted by Gasteiger charge is 2.32. The first-order valence-corrected chi connectivity index (χ1v) is 12.7. The van der Waals surface area contributed by atoms with Crippen LogP contribution in [-0.4, -0.2) is 47.5 Å². The highest BCUT2D eigenvalue weighted by Crippen LogP contribution is 2.23. The quantitative estimate of drug-likeness (QED) is 0.477. The number of nitrogens with one attached hydrogen (secondary N) is 1. The van der Waals surface area contributed by atoms with Crippen LogP contribution in [0.1, 0.15) is 60.5 Å². The van der Waals surface area contributed by atoms with E-state index >= 15 is 0 Å². The molecule has 2 fully saturated rings. The number of carbonyl (C=O) groups excluding carboxylic acids is 2. The van der Waals surface area contributed by atoms with E-state index in [0.29, 0.717) is 25.1 Å². The lowest BCUT2D eigenvalue weighted by Crippen LogP contribution is -2.37. The van der Waals surface area contributed by atoms with E-state index in [2.05, 4.69) is 27.5 Å². The summed E-state index contributed by atoms with van der Waals surface area (Å²) in [5.41, 5.74) is 3.27. The first-order valence-electron chi connectivity index (χ1n) is 12.7. The van der Waals surface area contributed by atoms with Gasteiger partial charge in [0.2, 0.25) is 5.91 Å². The zero-order chi connectivity index (χ0) is 24.9. The van der Waals surface area contributed by atoms with E-state index in [1.165, 1.54) is 37.0 Å². The molecule has 2 saturated heterocycles. The Bertz CT molecular complexity index is 1190. The normalized spacial score (nSPS) is 18.0. The number of hydrogen-bond acceptors (Lipinski definition) is 5. The summed E-state index contributed by atoms with van der Waals surface area (Å²) in [7, 11) is 0. The van der Waals surface area contributed by atoms with Gasteiger partial charge in [0.05, 0.1) is 6.04 Å². The molecule has 7 nitrogen and oxygen atoms in total. The van der Waals surface area contributed by atoms with E-state index in [0.717, 1.165) is 30.9 Å². The number of hydrogen-bond donors (Lipinski definition) is 1. The maximum Gasteiger partial charge on any atom is 0.273 e. The van der Waals surface area contributed by atoms with Crippen LogP contribution in [0.3, 0.4) is 0 Å². The Hall–Kier alpha value is -3.52. The SMILES string of the molecule is C.O=C(N[C@H]1CC(=O)N(c2ccc(CN3CCCCC3)cc2)C1)c1cc(CCc2ccc(F)cc2)on1. The summed E-state index contributed by atoms with van der Waals surface area (Å²) < 4.78 is 18.4. The van der Waals surface area contributed by atoms with Crippen molar-refractivity contribution in [1.82, 2.24) is 15.4 Å². The third kappa shape index (κ3) is 6.83. The van der Waals surface area contributed by atoms with Gasteiger partial charge < -0.3 is 14.7 Å². The average Bonchev–Trinajstić information content (AvgIpc) is 3.51. The molecule has 0 aliphatic carbocycles. The van der Waals surface area contributed by atoms with Crippen molar-refractivity contribution in [1.29, 1.82) is 0 Å². The van der Waals surface area contributed by atoms with Crippen LogP contribution in [-0.2, 0) is 24.2 Å². The number of anilines is 1. The number of piperidine rings is 1. The maximum absolute atomic E-state index is 13.1. The summed E-state index contributed by atoms with van der Waals surface area (Å²) in [5.74, 6) is -0.0584. The molecule has 37 heavy (non-hydrogen) atoms. The Kier molecular flexibility index (Phi) is 8.71. The maximum atomic E-state index is 13.1. The largest absolute Gasteiger partial charge is 0.361 e. The third-order valence-corrected chi connectivity index (χ3v) is 6.93. The van der Waals surface area contributed by atoms with E-state index < -0.39 is 0 Å². The molecule has 2 aliphatic heterocycles. The molecule has 3 heterocycles. The van der Waals surface area contributed by atoms with E-state index in [1.54, 1.807) is 23.1 Å². The van der Waals surface area contributed by atoms with Crippen molar-refractivity contribution in [3.8, 4) is 0 Å². The summed E-state index contributed by atoms with van der Waals surface area (Å²) in [6.45, 7) is 3.66. The van der Waals surface area contributed by atoms with E-state index in [-0.39, 0.29) is 43.2 Å². The summed E-state index contributed by atoms with van der Waals surface area (Å²) in [6.07, 6.45) is 5.29. The summed E-state index contributed by atoms with van der Waals surface area (Å²) >= 11 is 0. The predicted octanol–water partition coefficient (Wildman–Crippen LogP) is 4.76. The van der Waals surface area contributed by atoms with Crippen LogP contribution in [0.15, 0.2) is 59.1 Å². The lowest BCUT2D eigenvalue weighted by molar-refractivity contribution is -0.117. The molecule has 1 atom stereocenters. The minimum atomic E-state index is -0.358. The van der Waals surface area contributed by atoms with Crippen molar-refractivity contribution < 1.29 is 18.5 Å². The Morgan fingerprint density at radius 2 is 1.70 bits per heavy atom. The number of rotatable bonds is 8. The fourth-order valence-corrected chi connectivity index (χ4v) is 4.93. The lowest BCUT2D eigenvalue weighted by Gasteiger charge is -2.26. The van der Waals surface area contributed by atoms with Gasteiger partial charge in [0.15, 0.2) is 5.69 Å². The number of halogens is 1. The molecule has 2 aliphatic rings. The fraction of sp³-hybridized carbons (Fsp3) is 0.414.